The molecule has 0 atom stereocenters. The highest BCUT2D eigenvalue weighted by atomic mass is 15.0. The first-order chi connectivity index (χ1) is 37.1. The van der Waals surface area contributed by atoms with Gasteiger partial charge in [0.05, 0.1) is 45.1 Å². The van der Waals surface area contributed by atoms with Gasteiger partial charge >= 0.3 is 0 Å². The molecule has 0 aliphatic rings. The first-order valence-corrected chi connectivity index (χ1v) is 25.9. The minimum atomic E-state index is 0.526. The van der Waals surface area contributed by atoms with E-state index in [4.69, 9.17) is 15.0 Å². The van der Waals surface area contributed by atoms with E-state index in [1.54, 1.807) is 0 Å². The van der Waals surface area contributed by atoms with Crippen LogP contribution in [0.2, 0.25) is 0 Å². The molecule has 13 rings (SSSR count). The van der Waals surface area contributed by atoms with E-state index >= 15 is 0 Å². The molecule has 0 amide bonds. The Hall–Kier alpha value is -9.70. The van der Waals surface area contributed by atoms with Gasteiger partial charge in [0.25, 0.3) is 0 Å². The van der Waals surface area contributed by atoms with Crippen molar-refractivity contribution in [1.29, 1.82) is 5.26 Å². The van der Waals surface area contributed by atoms with E-state index in [9.17, 15) is 5.26 Å². The van der Waals surface area contributed by atoms with E-state index in [0.29, 0.717) is 23.0 Å². The molecular weight excluding hydrogens is 925 g/mol. The number of nitriles is 1. The molecule has 0 spiro atoms. The predicted octanol–water partition coefficient (Wildman–Crippen LogP) is 17.8. The van der Waals surface area contributed by atoms with Crippen molar-refractivity contribution in [1.82, 2.24) is 24.1 Å². The van der Waals surface area contributed by atoms with Gasteiger partial charge in [-0.1, -0.05) is 151 Å². The summed E-state index contributed by atoms with van der Waals surface area (Å²) in [5, 5.41) is 16.0. The molecule has 3 heterocycles. The van der Waals surface area contributed by atoms with Gasteiger partial charge in [-0.2, -0.15) is 5.26 Å². The van der Waals surface area contributed by atoms with E-state index in [0.717, 1.165) is 82.8 Å². The fourth-order valence-corrected chi connectivity index (χ4v) is 12.2. The minimum Gasteiger partial charge on any atom is -0.309 e. The zero-order valence-corrected chi connectivity index (χ0v) is 43.3. The Labute approximate surface area is 442 Å². The third-order valence-corrected chi connectivity index (χ3v) is 15.1. The highest BCUT2D eigenvalue weighted by molar-refractivity contribution is 6.13. The Morgan fingerprint density at radius 1 is 0.329 bits per heavy atom. The highest BCUT2D eigenvalue weighted by Crippen LogP contribution is 2.45. The highest BCUT2D eigenvalue weighted by Gasteiger charge is 2.25. The first kappa shape index (κ1) is 46.1. The summed E-state index contributed by atoms with van der Waals surface area (Å²) in [5.41, 5.74) is 23.2. The van der Waals surface area contributed by atoms with Crippen LogP contribution >= 0.6 is 0 Å². The lowest BCUT2D eigenvalue weighted by atomic mass is 9.92. The van der Waals surface area contributed by atoms with Crippen molar-refractivity contribution in [2.45, 2.75) is 41.5 Å². The van der Waals surface area contributed by atoms with Crippen molar-refractivity contribution in [3.05, 3.63) is 245 Å². The van der Waals surface area contributed by atoms with Crippen molar-refractivity contribution < 1.29 is 0 Å². The van der Waals surface area contributed by atoms with E-state index < -0.39 is 0 Å². The Morgan fingerprint density at radius 3 is 1.24 bits per heavy atom. The number of hydrogen-bond donors (Lipinski definition) is 0. The molecule has 0 radical (unpaired) electrons. The SMILES string of the molecule is Cc1cc(C)c(-c2ccc3c(c2)c2ccccc2n3-c2ccc(-c3nc(-c4ccccc4)nc(-c4ccccc4)n3)cc2-c2c(C#N)cccc2-n2c3ccccc3c3cc(-c4c(C)cc(C)cc4C)ccc32)c(C)c1. The molecule has 3 aromatic heterocycles. The zero-order chi connectivity index (χ0) is 51.8. The van der Waals surface area contributed by atoms with Crippen molar-refractivity contribution in [3.8, 4) is 85.0 Å². The predicted molar refractivity (Wildman–Crippen MR) is 314 cm³/mol. The molecule has 0 aliphatic carbocycles. The second kappa shape index (κ2) is 18.3. The van der Waals surface area contributed by atoms with Gasteiger partial charge in [0, 0.05) is 49.4 Å². The van der Waals surface area contributed by atoms with Gasteiger partial charge in [-0.25, -0.2) is 15.0 Å². The minimum absolute atomic E-state index is 0.526. The summed E-state index contributed by atoms with van der Waals surface area (Å²) in [6, 6.07) is 75.6. The van der Waals surface area contributed by atoms with Gasteiger partial charge in [0.15, 0.2) is 17.5 Å². The molecule has 13 aromatic rings. The number of rotatable bonds is 8. The van der Waals surface area contributed by atoms with Crippen LogP contribution in [-0.2, 0) is 0 Å². The quantitative estimate of drug-likeness (QED) is 0.152. The topological polar surface area (TPSA) is 72.3 Å². The van der Waals surface area contributed by atoms with Crippen LogP contribution in [0.25, 0.3) is 123 Å². The van der Waals surface area contributed by atoms with Gasteiger partial charge < -0.3 is 9.13 Å². The van der Waals surface area contributed by atoms with Crippen LogP contribution in [0.4, 0.5) is 0 Å². The molecule has 0 N–H and O–H groups in total. The molecule has 10 aromatic carbocycles. The maximum Gasteiger partial charge on any atom is 0.164 e. The van der Waals surface area contributed by atoms with Gasteiger partial charge in [-0.15, -0.1) is 0 Å². The number of aryl methyl sites for hydroxylation is 6. The largest absolute Gasteiger partial charge is 0.309 e. The third kappa shape index (κ3) is 7.67. The standard InChI is InChI=1S/C70H52N6/c1-42-34-44(3)65(45(4)35-42)50-28-31-61-56(38-50)54-23-13-15-25-59(54)75(61)63-33-30-52(70-73-68(48-18-9-7-10-19-48)72-69(74-70)49-20-11-8-12-21-49)40-58(63)67-53(41-71)22-17-27-64(67)76-60-26-16-14-24-55(60)57-39-51(29-32-62(57)76)66-46(5)36-43(2)37-47(66)6/h7-40H,1-6H3. The van der Waals surface area contributed by atoms with Crippen LogP contribution in [0.1, 0.15) is 38.9 Å². The molecular formula is C70H52N6. The molecule has 362 valence electrons. The summed E-state index contributed by atoms with van der Waals surface area (Å²) in [4.78, 5) is 15.5. The van der Waals surface area contributed by atoms with Crippen LogP contribution in [0.15, 0.2) is 206 Å². The second-order valence-electron chi connectivity index (χ2n) is 20.3. The molecule has 0 saturated carbocycles. The van der Waals surface area contributed by atoms with Crippen molar-refractivity contribution in [3.63, 3.8) is 0 Å². The second-order valence-corrected chi connectivity index (χ2v) is 20.3. The zero-order valence-electron chi connectivity index (χ0n) is 43.3. The molecule has 0 aliphatic heterocycles. The summed E-state index contributed by atoms with van der Waals surface area (Å²) in [6.07, 6.45) is 0. The van der Waals surface area contributed by atoms with Crippen LogP contribution < -0.4 is 0 Å². The smallest absolute Gasteiger partial charge is 0.164 e. The summed E-state index contributed by atoms with van der Waals surface area (Å²) in [6.45, 7) is 13.2. The summed E-state index contributed by atoms with van der Waals surface area (Å²) in [7, 11) is 0. The van der Waals surface area contributed by atoms with Gasteiger partial charge in [-0.05, 0) is 153 Å². The normalized spacial score (nSPS) is 11.5. The van der Waals surface area contributed by atoms with Crippen molar-refractivity contribution in [2.24, 2.45) is 0 Å². The molecule has 0 fully saturated rings. The molecule has 0 saturated heterocycles. The number of hydrogen-bond acceptors (Lipinski definition) is 4. The summed E-state index contributed by atoms with van der Waals surface area (Å²) < 4.78 is 4.73. The number of fused-ring (bicyclic) bond motifs is 6. The fourth-order valence-electron chi connectivity index (χ4n) is 12.2. The number of nitrogens with zero attached hydrogens (tertiary/aromatic N) is 6. The lowest BCUT2D eigenvalue weighted by Crippen LogP contribution is -2.05. The Kier molecular flexibility index (Phi) is 11.1. The van der Waals surface area contributed by atoms with Crippen molar-refractivity contribution >= 4 is 43.6 Å². The number of benzene rings is 10. The fraction of sp³-hybridized carbons (Fsp3) is 0.0857. The monoisotopic (exact) mass is 976 g/mol. The lowest BCUT2D eigenvalue weighted by molar-refractivity contribution is 1.07. The Balaban J connectivity index is 1.11. The van der Waals surface area contributed by atoms with E-state index in [-0.39, 0.29) is 0 Å². The Bertz CT molecular complexity index is 4430. The molecule has 0 unspecified atom stereocenters. The van der Waals surface area contributed by atoms with Gasteiger partial charge in [0.1, 0.15) is 0 Å². The third-order valence-electron chi connectivity index (χ3n) is 15.1. The van der Waals surface area contributed by atoms with Crippen LogP contribution in [-0.4, -0.2) is 24.1 Å². The van der Waals surface area contributed by atoms with E-state index in [1.807, 2.05) is 72.8 Å². The van der Waals surface area contributed by atoms with Gasteiger partial charge in [-0.3, -0.25) is 0 Å². The van der Waals surface area contributed by atoms with Crippen LogP contribution in [0.3, 0.4) is 0 Å². The van der Waals surface area contributed by atoms with Crippen molar-refractivity contribution in [2.75, 3.05) is 0 Å². The lowest BCUT2D eigenvalue weighted by Gasteiger charge is -2.21. The maximum absolute atomic E-state index is 11.4. The average molecular weight is 977 g/mol. The summed E-state index contributed by atoms with van der Waals surface area (Å²) >= 11 is 0. The van der Waals surface area contributed by atoms with Crippen LogP contribution in [0, 0.1) is 52.9 Å². The average Bonchev–Trinajstić information content (AvgIpc) is 4.07. The first-order valence-electron chi connectivity index (χ1n) is 25.9. The molecule has 6 nitrogen and oxygen atoms in total. The summed E-state index contributed by atoms with van der Waals surface area (Å²) in [5.74, 6) is 1.68. The molecule has 76 heavy (non-hydrogen) atoms. The number of aromatic nitrogens is 5. The maximum atomic E-state index is 11.4. The van der Waals surface area contributed by atoms with E-state index in [1.165, 1.54) is 55.6 Å². The van der Waals surface area contributed by atoms with E-state index in [2.05, 4.69) is 190 Å². The molecule has 0 bridgehead atoms. The Morgan fingerprint density at radius 2 is 0.750 bits per heavy atom. The number of para-hydroxylation sites is 2. The van der Waals surface area contributed by atoms with Gasteiger partial charge in [0.2, 0.25) is 0 Å². The van der Waals surface area contributed by atoms with Crippen LogP contribution in [0.5, 0.6) is 0 Å². The molecule has 6 heteroatoms.